The first-order valence-corrected chi connectivity index (χ1v) is 10.3. The van der Waals surface area contributed by atoms with Gasteiger partial charge in [-0.3, -0.25) is 9.36 Å². The SMILES string of the molecule is CC(Sc1nc2sc3c(c2c(=O)n1-c1ccccc1)CCCC3)C(=O)[O-]. The van der Waals surface area contributed by atoms with Gasteiger partial charge in [0, 0.05) is 10.1 Å². The van der Waals surface area contributed by atoms with Crippen LogP contribution in [0.15, 0.2) is 40.3 Å². The van der Waals surface area contributed by atoms with Gasteiger partial charge in [0.1, 0.15) is 4.83 Å². The number of thiophene rings is 1. The fraction of sp³-hybridized carbons (Fsp3) is 0.316. The third kappa shape index (κ3) is 2.95. The van der Waals surface area contributed by atoms with Crippen molar-refractivity contribution in [3.63, 3.8) is 0 Å². The lowest BCUT2D eigenvalue weighted by Gasteiger charge is -2.16. The highest BCUT2D eigenvalue weighted by atomic mass is 32.2. The minimum atomic E-state index is -1.17. The Morgan fingerprint density at radius 1 is 1.27 bits per heavy atom. The summed E-state index contributed by atoms with van der Waals surface area (Å²) in [6.45, 7) is 1.55. The summed E-state index contributed by atoms with van der Waals surface area (Å²) in [5.41, 5.74) is 1.70. The zero-order valence-electron chi connectivity index (χ0n) is 14.2. The summed E-state index contributed by atoms with van der Waals surface area (Å²) < 4.78 is 1.54. The second-order valence-corrected chi connectivity index (χ2v) is 8.73. The van der Waals surface area contributed by atoms with Crippen LogP contribution in [0.4, 0.5) is 0 Å². The van der Waals surface area contributed by atoms with Crippen molar-refractivity contribution in [2.75, 3.05) is 0 Å². The number of benzene rings is 1. The van der Waals surface area contributed by atoms with E-state index < -0.39 is 11.2 Å². The van der Waals surface area contributed by atoms with Gasteiger partial charge in [0.25, 0.3) is 5.56 Å². The highest BCUT2D eigenvalue weighted by Gasteiger charge is 2.23. The van der Waals surface area contributed by atoms with E-state index in [2.05, 4.69) is 0 Å². The molecule has 1 atom stereocenters. The van der Waals surface area contributed by atoms with Crippen molar-refractivity contribution in [2.24, 2.45) is 0 Å². The van der Waals surface area contributed by atoms with Crippen LogP contribution >= 0.6 is 23.1 Å². The molecular weight excluding hydrogens is 368 g/mol. The molecule has 0 saturated carbocycles. The molecule has 0 saturated heterocycles. The first-order valence-electron chi connectivity index (χ1n) is 8.56. The largest absolute Gasteiger partial charge is 0.549 e. The number of carboxylic acid groups (broad SMARTS) is 1. The second kappa shape index (κ2) is 6.89. The van der Waals surface area contributed by atoms with Crippen LogP contribution in [0.2, 0.25) is 0 Å². The average molecular weight is 385 g/mol. The molecule has 1 aliphatic rings. The maximum atomic E-state index is 13.4. The third-order valence-corrected chi connectivity index (χ3v) is 6.80. The zero-order chi connectivity index (χ0) is 18.3. The first kappa shape index (κ1) is 17.3. The lowest BCUT2D eigenvalue weighted by Crippen LogP contribution is -2.32. The highest BCUT2D eigenvalue weighted by Crippen LogP contribution is 2.35. The molecule has 0 N–H and O–H groups in total. The van der Waals surface area contributed by atoms with Gasteiger partial charge >= 0.3 is 0 Å². The van der Waals surface area contributed by atoms with Gasteiger partial charge in [-0.1, -0.05) is 30.0 Å². The number of aryl methyl sites for hydroxylation is 2. The quantitative estimate of drug-likeness (QED) is 0.510. The van der Waals surface area contributed by atoms with Crippen LogP contribution in [0.1, 0.15) is 30.2 Å². The second-order valence-electron chi connectivity index (χ2n) is 6.34. The van der Waals surface area contributed by atoms with E-state index in [1.165, 1.54) is 9.44 Å². The number of para-hydroxylation sites is 1. The van der Waals surface area contributed by atoms with Crippen molar-refractivity contribution >= 4 is 39.3 Å². The Balaban J connectivity index is 1.99. The number of carbonyl (C=O) groups is 1. The van der Waals surface area contributed by atoms with Crippen molar-refractivity contribution in [1.82, 2.24) is 9.55 Å². The van der Waals surface area contributed by atoms with Crippen LogP contribution in [-0.2, 0) is 17.6 Å². The topological polar surface area (TPSA) is 75.0 Å². The van der Waals surface area contributed by atoms with Gasteiger partial charge in [0.15, 0.2) is 5.16 Å². The fourth-order valence-corrected chi connectivity index (χ4v) is 5.44. The fourth-order valence-electron chi connectivity index (χ4n) is 3.28. The summed E-state index contributed by atoms with van der Waals surface area (Å²) in [6.07, 6.45) is 4.11. The number of thioether (sulfide) groups is 1. The average Bonchev–Trinajstić information content (AvgIpc) is 3.01. The molecule has 0 spiro atoms. The lowest BCUT2D eigenvalue weighted by molar-refractivity contribution is -0.304. The van der Waals surface area contributed by atoms with Crippen molar-refractivity contribution in [2.45, 2.75) is 43.0 Å². The number of fused-ring (bicyclic) bond motifs is 3. The smallest absolute Gasteiger partial charge is 0.267 e. The van der Waals surface area contributed by atoms with E-state index >= 15 is 0 Å². The number of hydrogen-bond acceptors (Lipinski definition) is 6. The molecule has 1 aliphatic carbocycles. The Kier molecular flexibility index (Phi) is 4.58. The molecule has 0 fully saturated rings. The van der Waals surface area contributed by atoms with Gasteiger partial charge in [-0.25, -0.2) is 4.98 Å². The van der Waals surface area contributed by atoms with Crippen molar-refractivity contribution in [3.8, 4) is 5.69 Å². The third-order valence-electron chi connectivity index (χ3n) is 4.59. The Morgan fingerprint density at radius 2 is 2.00 bits per heavy atom. The molecule has 5 nitrogen and oxygen atoms in total. The Hall–Kier alpha value is -2.12. The monoisotopic (exact) mass is 385 g/mol. The van der Waals surface area contributed by atoms with Gasteiger partial charge in [-0.05, 0) is 50.3 Å². The molecule has 0 aliphatic heterocycles. The van der Waals surface area contributed by atoms with Crippen molar-refractivity contribution in [3.05, 3.63) is 51.1 Å². The number of carbonyl (C=O) groups excluding carboxylic acids is 1. The van der Waals surface area contributed by atoms with E-state index in [9.17, 15) is 14.7 Å². The summed E-state index contributed by atoms with van der Waals surface area (Å²) in [5, 5.41) is 11.5. The molecule has 0 bridgehead atoms. The first-order chi connectivity index (χ1) is 12.6. The lowest BCUT2D eigenvalue weighted by atomic mass is 9.97. The molecule has 3 aromatic rings. The van der Waals surface area contributed by atoms with E-state index in [0.29, 0.717) is 21.1 Å². The van der Waals surface area contributed by atoms with E-state index in [0.717, 1.165) is 43.0 Å². The minimum Gasteiger partial charge on any atom is -0.549 e. The standard InChI is InChI=1S/C19H18N2O3S2/c1-11(18(23)24)25-19-20-16-15(13-9-5-6-10-14(13)26-16)17(22)21(19)12-7-3-2-4-8-12/h2-4,7-8,11H,5-6,9-10H2,1H3,(H,23,24)/p-1. The van der Waals surface area contributed by atoms with E-state index in [-0.39, 0.29) is 5.56 Å². The molecular formula is C19H17N2O3S2-. The highest BCUT2D eigenvalue weighted by molar-refractivity contribution is 8.00. The molecule has 2 heterocycles. The Bertz CT molecular complexity index is 1040. The number of rotatable bonds is 4. The van der Waals surface area contributed by atoms with Crippen LogP contribution < -0.4 is 10.7 Å². The number of hydrogen-bond donors (Lipinski definition) is 0. The van der Waals surface area contributed by atoms with Gasteiger partial charge in [-0.2, -0.15) is 0 Å². The molecule has 2 aromatic heterocycles. The van der Waals surface area contributed by atoms with Crippen molar-refractivity contribution in [1.29, 1.82) is 0 Å². The summed E-state index contributed by atoms with van der Waals surface area (Å²) in [7, 11) is 0. The summed E-state index contributed by atoms with van der Waals surface area (Å²) >= 11 is 2.61. The molecule has 26 heavy (non-hydrogen) atoms. The number of carboxylic acids is 1. The van der Waals surface area contributed by atoms with Crippen LogP contribution in [-0.4, -0.2) is 20.8 Å². The van der Waals surface area contributed by atoms with E-state index in [1.54, 1.807) is 18.3 Å². The van der Waals surface area contributed by atoms with Gasteiger partial charge in [0.05, 0.1) is 17.0 Å². The van der Waals surface area contributed by atoms with Gasteiger partial charge in [0.2, 0.25) is 0 Å². The predicted molar refractivity (Wildman–Crippen MR) is 102 cm³/mol. The molecule has 4 rings (SSSR count). The minimum absolute atomic E-state index is 0.117. The Morgan fingerprint density at radius 3 is 2.73 bits per heavy atom. The molecule has 134 valence electrons. The molecule has 0 radical (unpaired) electrons. The van der Waals surface area contributed by atoms with Crippen LogP contribution in [0.3, 0.4) is 0 Å². The number of aromatic nitrogens is 2. The Labute approximate surface area is 158 Å². The molecule has 0 amide bonds. The van der Waals surface area contributed by atoms with Crippen molar-refractivity contribution < 1.29 is 9.90 Å². The maximum Gasteiger partial charge on any atom is 0.267 e. The van der Waals surface area contributed by atoms with Gasteiger partial charge in [-0.15, -0.1) is 11.3 Å². The van der Waals surface area contributed by atoms with Crippen LogP contribution in [0.25, 0.3) is 15.9 Å². The molecule has 7 heteroatoms. The zero-order valence-corrected chi connectivity index (χ0v) is 15.9. The van der Waals surface area contributed by atoms with Crippen LogP contribution in [0, 0.1) is 0 Å². The summed E-state index contributed by atoms with van der Waals surface area (Å²) in [6, 6.07) is 9.25. The van der Waals surface area contributed by atoms with Crippen LogP contribution in [0.5, 0.6) is 0 Å². The van der Waals surface area contributed by atoms with E-state index in [1.807, 2.05) is 30.3 Å². The summed E-state index contributed by atoms with van der Waals surface area (Å²) in [5.74, 6) is -1.17. The maximum absolute atomic E-state index is 13.4. The number of aliphatic carboxylic acids is 1. The van der Waals surface area contributed by atoms with E-state index in [4.69, 9.17) is 4.98 Å². The molecule has 1 unspecified atom stereocenters. The predicted octanol–water partition coefficient (Wildman–Crippen LogP) is 2.56. The molecule has 1 aromatic carbocycles. The summed E-state index contributed by atoms with van der Waals surface area (Å²) in [4.78, 5) is 31.2. The number of nitrogens with zero attached hydrogens (tertiary/aromatic N) is 2. The normalized spacial score (nSPS) is 15.0. The van der Waals surface area contributed by atoms with Gasteiger partial charge < -0.3 is 9.90 Å².